The van der Waals surface area contributed by atoms with Gasteiger partial charge in [-0.2, -0.15) is 5.10 Å². The molecule has 19 heavy (non-hydrogen) atoms. The summed E-state index contributed by atoms with van der Waals surface area (Å²) >= 11 is 3.52. The van der Waals surface area contributed by atoms with Gasteiger partial charge in [-0.25, -0.2) is 0 Å². The third-order valence-electron chi connectivity index (χ3n) is 2.86. The molecule has 2 rings (SSSR count). The van der Waals surface area contributed by atoms with Gasteiger partial charge in [0.25, 0.3) is 0 Å². The monoisotopic (exact) mass is 322 g/mol. The lowest BCUT2D eigenvalue weighted by Crippen LogP contribution is -2.07. The van der Waals surface area contributed by atoms with Crippen molar-refractivity contribution >= 4 is 22.2 Å². The molecule has 0 aliphatic rings. The molecule has 0 amide bonds. The SMILES string of the molecule is CCn1nc(C)c(Br)c1COc1ccccc1C=O. The average Bonchev–Trinajstić information content (AvgIpc) is 2.72. The number of rotatable bonds is 5. The third-order valence-corrected chi connectivity index (χ3v) is 3.89. The van der Waals surface area contributed by atoms with Gasteiger partial charge < -0.3 is 4.74 Å². The predicted molar refractivity (Wildman–Crippen MR) is 76.5 cm³/mol. The van der Waals surface area contributed by atoms with E-state index in [9.17, 15) is 4.79 Å². The lowest BCUT2D eigenvalue weighted by Gasteiger charge is -2.09. The molecule has 0 aliphatic carbocycles. The molecule has 0 N–H and O–H groups in total. The van der Waals surface area contributed by atoms with Gasteiger partial charge in [0.15, 0.2) is 6.29 Å². The number of hydrogen-bond acceptors (Lipinski definition) is 3. The van der Waals surface area contributed by atoms with Gasteiger partial charge in [0.05, 0.1) is 21.4 Å². The highest BCUT2D eigenvalue weighted by Crippen LogP contribution is 2.24. The van der Waals surface area contributed by atoms with E-state index in [1.165, 1.54) is 0 Å². The van der Waals surface area contributed by atoms with Crippen molar-refractivity contribution < 1.29 is 9.53 Å². The summed E-state index contributed by atoms with van der Waals surface area (Å²) in [5.74, 6) is 0.589. The highest BCUT2D eigenvalue weighted by molar-refractivity contribution is 9.10. The Morgan fingerprint density at radius 1 is 1.42 bits per heavy atom. The van der Waals surface area contributed by atoms with Gasteiger partial charge in [-0.05, 0) is 41.9 Å². The van der Waals surface area contributed by atoms with Gasteiger partial charge in [0.1, 0.15) is 12.4 Å². The number of aromatic nitrogens is 2. The van der Waals surface area contributed by atoms with Gasteiger partial charge >= 0.3 is 0 Å². The second-order valence-electron chi connectivity index (χ2n) is 4.11. The molecule has 0 saturated carbocycles. The minimum Gasteiger partial charge on any atom is -0.487 e. The van der Waals surface area contributed by atoms with Crippen LogP contribution in [0.2, 0.25) is 0 Å². The zero-order valence-electron chi connectivity index (χ0n) is 10.9. The second kappa shape index (κ2) is 6.02. The number of carbonyl (C=O) groups excluding carboxylic acids is 1. The molecule has 0 saturated heterocycles. The zero-order valence-corrected chi connectivity index (χ0v) is 12.5. The van der Waals surface area contributed by atoms with E-state index in [0.29, 0.717) is 17.9 Å². The number of nitrogens with zero attached hydrogens (tertiary/aromatic N) is 2. The predicted octanol–water partition coefficient (Wildman–Crippen LogP) is 3.37. The van der Waals surface area contributed by atoms with E-state index in [1.54, 1.807) is 12.1 Å². The molecule has 0 unspecified atom stereocenters. The van der Waals surface area contributed by atoms with E-state index in [-0.39, 0.29) is 0 Å². The molecule has 0 fully saturated rings. The highest BCUT2D eigenvalue weighted by Gasteiger charge is 2.13. The highest BCUT2D eigenvalue weighted by atomic mass is 79.9. The first-order valence-corrected chi connectivity index (χ1v) is 6.85. The second-order valence-corrected chi connectivity index (χ2v) is 4.90. The maximum Gasteiger partial charge on any atom is 0.153 e. The number of para-hydroxylation sites is 1. The van der Waals surface area contributed by atoms with Crippen LogP contribution in [0.4, 0.5) is 0 Å². The molecule has 0 spiro atoms. The number of halogens is 1. The standard InChI is InChI=1S/C14H15BrN2O2/c1-3-17-12(14(15)10(2)16-17)9-19-13-7-5-4-6-11(13)8-18/h4-8H,3,9H2,1-2H3. The van der Waals surface area contributed by atoms with Crippen molar-refractivity contribution in [1.82, 2.24) is 9.78 Å². The molecule has 0 radical (unpaired) electrons. The number of aldehydes is 1. The molecule has 0 bridgehead atoms. The average molecular weight is 323 g/mol. The largest absolute Gasteiger partial charge is 0.487 e. The van der Waals surface area contributed by atoms with Gasteiger partial charge in [0, 0.05) is 6.54 Å². The lowest BCUT2D eigenvalue weighted by atomic mass is 10.2. The fourth-order valence-electron chi connectivity index (χ4n) is 1.86. The summed E-state index contributed by atoms with van der Waals surface area (Å²) in [6.07, 6.45) is 0.798. The third kappa shape index (κ3) is 2.87. The normalized spacial score (nSPS) is 10.5. The number of ether oxygens (including phenoxy) is 1. The van der Waals surface area contributed by atoms with E-state index >= 15 is 0 Å². The smallest absolute Gasteiger partial charge is 0.153 e. The van der Waals surface area contributed by atoms with Crippen LogP contribution in [0.15, 0.2) is 28.7 Å². The van der Waals surface area contributed by atoms with Crippen LogP contribution in [0.25, 0.3) is 0 Å². The Bertz CT molecular complexity index is 593. The molecule has 0 aliphatic heterocycles. The van der Waals surface area contributed by atoms with E-state index in [1.807, 2.05) is 30.7 Å². The maximum absolute atomic E-state index is 10.9. The number of hydrogen-bond donors (Lipinski definition) is 0. The Kier molecular flexibility index (Phi) is 4.37. The van der Waals surface area contributed by atoms with Crippen molar-refractivity contribution in [2.75, 3.05) is 0 Å². The zero-order chi connectivity index (χ0) is 13.8. The Morgan fingerprint density at radius 3 is 2.84 bits per heavy atom. The summed E-state index contributed by atoms with van der Waals surface area (Å²) in [5, 5.41) is 4.40. The van der Waals surface area contributed by atoms with E-state index in [2.05, 4.69) is 21.0 Å². The molecular formula is C14H15BrN2O2. The summed E-state index contributed by atoms with van der Waals surface area (Å²) in [7, 11) is 0. The van der Waals surface area contributed by atoms with Crippen molar-refractivity contribution in [2.24, 2.45) is 0 Å². The van der Waals surface area contributed by atoms with Gasteiger partial charge in [-0.3, -0.25) is 9.48 Å². The molecule has 4 nitrogen and oxygen atoms in total. The number of carbonyl (C=O) groups is 1. The Hall–Kier alpha value is -1.62. The van der Waals surface area contributed by atoms with Crippen LogP contribution in [0.5, 0.6) is 5.75 Å². The molecule has 1 aromatic carbocycles. The molecule has 0 atom stereocenters. The van der Waals surface area contributed by atoms with Crippen molar-refractivity contribution in [3.05, 3.63) is 45.7 Å². The van der Waals surface area contributed by atoms with Crippen LogP contribution in [0.3, 0.4) is 0 Å². The summed E-state index contributed by atoms with van der Waals surface area (Å²) < 4.78 is 8.58. The first kappa shape index (κ1) is 13.8. The van der Waals surface area contributed by atoms with Crippen molar-refractivity contribution in [2.45, 2.75) is 27.0 Å². The van der Waals surface area contributed by atoms with Crippen LogP contribution in [-0.2, 0) is 13.2 Å². The summed E-state index contributed by atoms with van der Waals surface area (Å²) in [6.45, 7) is 5.13. The van der Waals surface area contributed by atoms with Crippen molar-refractivity contribution in [3.63, 3.8) is 0 Å². The van der Waals surface area contributed by atoms with Crippen molar-refractivity contribution in [3.8, 4) is 5.75 Å². The van der Waals surface area contributed by atoms with Gasteiger partial charge in [-0.15, -0.1) is 0 Å². The summed E-state index contributed by atoms with van der Waals surface area (Å²) in [4.78, 5) is 10.9. The van der Waals surface area contributed by atoms with Crippen LogP contribution < -0.4 is 4.74 Å². The van der Waals surface area contributed by atoms with Gasteiger partial charge in [-0.1, -0.05) is 12.1 Å². The van der Waals surface area contributed by atoms with Crippen LogP contribution in [0, 0.1) is 6.92 Å². The molecule has 1 heterocycles. The minimum absolute atomic E-state index is 0.375. The maximum atomic E-state index is 10.9. The molecule has 2 aromatic rings. The van der Waals surface area contributed by atoms with E-state index in [0.717, 1.165) is 28.7 Å². The molecule has 100 valence electrons. The van der Waals surface area contributed by atoms with Crippen LogP contribution in [0.1, 0.15) is 28.7 Å². The first-order valence-electron chi connectivity index (χ1n) is 6.06. The van der Waals surface area contributed by atoms with Gasteiger partial charge in [0.2, 0.25) is 0 Å². The Labute approximate surface area is 120 Å². The van der Waals surface area contributed by atoms with E-state index in [4.69, 9.17) is 4.74 Å². The quantitative estimate of drug-likeness (QED) is 0.793. The Balaban J connectivity index is 2.21. The lowest BCUT2D eigenvalue weighted by molar-refractivity contribution is 0.111. The van der Waals surface area contributed by atoms with Crippen molar-refractivity contribution in [1.29, 1.82) is 0 Å². The topological polar surface area (TPSA) is 44.1 Å². The summed E-state index contributed by atoms with van der Waals surface area (Å²) in [5.41, 5.74) is 2.46. The van der Waals surface area contributed by atoms with Crippen LogP contribution >= 0.6 is 15.9 Å². The molecule has 1 aromatic heterocycles. The summed E-state index contributed by atoms with van der Waals surface area (Å²) in [6, 6.07) is 7.18. The number of benzene rings is 1. The fourth-order valence-corrected chi connectivity index (χ4v) is 2.26. The number of aryl methyl sites for hydroxylation is 2. The fraction of sp³-hybridized carbons (Fsp3) is 0.286. The first-order chi connectivity index (χ1) is 9.17. The van der Waals surface area contributed by atoms with E-state index < -0.39 is 0 Å². The minimum atomic E-state index is 0.375. The van der Waals surface area contributed by atoms with Crippen LogP contribution in [-0.4, -0.2) is 16.1 Å². The molecule has 5 heteroatoms. The molecular weight excluding hydrogens is 308 g/mol. The Morgan fingerprint density at radius 2 is 2.16 bits per heavy atom.